The van der Waals surface area contributed by atoms with Crippen LogP contribution in [0.15, 0.2) is 23.8 Å². The Bertz CT molecular complexity index is 426. The molecule has 0 saturated heterocycles. The molecule has 0 aliphatic carbocycles. The van der Waals surface area contributed by atoms with Gasteiger partial charge in [0, 0.05) is 0 Å². The summed E-state index contributed by atoms with van der Waals surface area (Å²) in [5.41, 5.74) is 6.25. The molecule has 0 fully saturated rings. The van der Waals surface area contributed by atoms with Crippen molar-refractivity contribution in [2.24, 2.45) is 5.73 Å². The minimum Gasteiger partial charge on any atom is -0.397 e. The Hall–Kier alpha value is -1.53. The van der Waals surface area contributed by atoms with Crippen LogP contribution in [0.5, 0.6) is 0 Å². The maximum Gasteiger partial charge on any atom is 0.134 e. The second-order valence-electron chi connectivity index (χ2n) is 2.95. The number of hydrogen-bond donors (Lipinski definition) is 1. The topological polar surface area (TPSA) is 49.8 Å². The minimum absolute atomic E-state index is 0.109. The lowest BCUT2D eigenvalue weighted by atomic mass is 10.1. The highest BCUT2D eigenvalue weighted by Gasteiger charge is 2.12. The van der Waals surface area contributed by atoms with E-state index < -0.39 is 5.82 Å². The third-order valence-electron chi connectivity index (χ3n) is 2.05. The Kier molecular flexibility index (Phi) is 3.70. The summed E-state index contributed by atoms with van der Waals surface area (Å²) in [4.78, 5) is 0. The summed E-state index contributed by atoms with van der Waals surface area (Å²) >= 11 is 5.82. The number of halogens is 2. The first-order valence-electron chi connectivity index (χ1n) is 4.44. The van der Waals surface area contributed by atoms with Crippen LogP contribution < -0.4 is 5.73 Å². The molecule has 0 spiro atoms. The first-order chi connectivity index (χ1) is 7.11. The van der Waals surface area contributed by atoms with Crippen molar-refractivity contribution in [1.82, 2.24) is 0 Å². The predicted molar refractivity (Wildman–Crippen MR) is 58.4 cm³/mol. The van der Waals surface area contributed by atoms with Crippen molar-refractivity contribution < 1.29 is 4.39 Å². The van der Waals surface area contributed by atoms with Crippen molar-refractivity contribution in [1.29, 1.82) is 5.26 Å². The van der Waals surface area contributed by atoms with Gasteiger partial charge < -0.3 is 5.73 Å². The van der Waals surface area contributed by atoms with Crippen LogP contribution in [0.3, 0.4) is 0 Å². The molecule has 78 valence electrons. The van der Waals surface area contributed by atoms with Crippen molar-refractivity contribution in [3.63, 3.8) is 0 Å². The van der Waals surface area contributed by atoms with E-state index >= 15 is 0 Å². The van der Waals surface area contributed by atoms with Crippen LogP contribution in [0.25, 0.3) is 5.70 Å². The van der Waals surface area contributed by atoms with Crippen LogP contribution in [-0.2, 0) is 0 Å². The maximum absolute atomic E-state index is 13.4. The van der Waals surface area contributed by atoms with Crippen molar-refractivity contribution in [3.05, 3.63) is 40.2 Å². The molecule has 0 atom stereocenters. The average Bonchev–Trinajstić information content (AvgIpc) is 2.19. The molecule has 0 aliphatic rings. The first-order valence-corrected chi connectivity index (χ1v) is 4.82. The number of nitriles is 1. The normalized spacial score (nSPS) is 11.9. The lowest BCUT2D eigenvalue weighted by molar-refractivity contribution is 0.623. The molecule has 0 heterocycles. The molecule has 0 saturated carbocycles. The molecule has 2 nitrogen and oxygen atoms in total. The Morgan fingerprint density at radius 3 is 2.73 bits per heavy atom. The lowest BCUT2D eigenvalue weighted by Gasteiger charge is -2.07. The number of hydrogen-bond acceptors (Lipinski definition) is 2. The second kappa shape index (κ2) is 4.81. The standard InChI is InChI=1S/C11H10ClFN2/c1-2-7(6-14)11(15)10-8(12)4-3-5-9(10)13/h3-5H,2,15H2,1H3/b11-7-. The smallest absolute Gasteiger partial charge is 0.134 e. The van der Waals surface area contributed by atoms with E-state index in [9.17, 15) is 4.39 Å². The number of nitrogens with zero attached hydrogens (tertiary/aromatic N) is 1. The van der Waals surface area contributed by atoms with Gasteiger partial charge in [0.2, 0.25) is 0 Å². The second-order valence-corrected chi connectivity index (χ2v) is 3.36. The van der Waals surface area contributed by atoms with Crippen LogP contribution in [0.4, 0.5) is 4.39 Å². The predicted octanol–water partition coefficient (Wildman–Crippen LogP) is 3.08. The Balaban J connectivity index is 3.41. The zero-order valence-electron chi connectivity index (χ0n) is 8.22. The summed E-state index contributed by atoms with van der Waals surface area (Å²) in [6.45, 7) is 1.78. The number of rotatable bonds is 2. The van der Waals surface area contributed by atoms with Crippen LogP contribution in [-0.4, -0.2) is 0 Å². The maximum atomic E-state index is 13.4. The largest absolute Gasteiger partial charge is 0.397 e. The highest BCUT2D eigenvalue weighted by atomic mass is 35.5. The van der Waals surface area contributed by atoms with E-state index in [4.69, 9.17) is 22.6 Å². The summed E-state index contributed by atoms with van der Waals surface area (Å²) < 4.78 is 13.4. The van der Waals surface area contributed by atoms with Gasteiger partial charge in [0.25, 0.3) is 0 Å². The minimum atomic E-state index is -0.513. The van der Waals surface area contributed by atoms with Gasteiger partial charge in [-0.3, -0.25) is 0 Å². The molecule has 1 rings (SSSR count). The number of nitrogens with two attached hydrogens (primary N) is 1. The van der Waals surface area contributed by atoms with Crippen LogP contribution >= 0.6 is 11.6 Å². The van der Waals surface area contributed by atoms with Gasteiger partial charge in [-0.05, 0) is 18.6 Å². The van der Waals surface area contributed by atoms with Gasteiger partial charge in [0.15, 0.2) is 0 Å². The van der Waals surface area contributed by atoms with Crippen LogP contribution in [0.2, 0.25) is 5.02 Å². The molecule has 0 radical (unpaired) electrons. The molecule has 0 aromatic heterocycles. The Morgan fingerprint density at radius 2 is 2.27 bits per heavy atom. The zero-order chi connectivity index (χ0) is 11.4. The molecular weight excluding hydrogens is 215 g/mol. The highest BCUT2D eigenvalue weighted by Crippen LogP contribution is 2.26. The van der Waals surface area contributed by atoms with Crippen molar-refractivity contribution in [2.75, 3.05) is 0 Å². The molecule has 0 aliphatic heterocycles. The summed E-state index contributed by atoms with van der Waals surface area (Å²) in [6, 6.07) is 6.23. The van der Waals surface area contributed by atoms with Gasteiger partial charge in [0.05, 0.1) is 27.9 Å². The molecule has 0 unspecified atom stereocenters. The Labute approximate surface area is 92.8 Å². The number of benzene rings is 1. The molecule has 4 heteroatoms. The van der Waals surface area contributed by atoms with E-state index in [1.165, 1.54) is 18.2 Å². The highest BCUT2D eigenvalue weighted by molar-refractivity contribution is 6.32. The van der Waals surface area contributed by atoms with E-state index in [0.717, 1.165) is 0 Å². The Morgan fingerprint density at radius 1 is 1.60 bits per heavy atom. The summed E-state index contributed by atoms with van der Waals surface area (Å²) in [5, 5.41) is 9.00. The van der Waals surface area contributed by atoms with Gasteiger partial charge >= 0.3 is 0 Å². The van der Waals surface area contributed by atoms with Crippen LogP contribution in [0.1, 0.15) is 18.9 Å². The zero-order valence-corrected chi connectivity index (χ0v) is 8.98. The van der Waals surface area contributed by atoms with Gasteiger partial charge in [0.1, 0.15) is 5.82 Å². The quantitative estimate of drug-likeness (QED) is 0.785. The van der Waals surface area contributed by atoms with Gasteiger partial charge in [-0.2, -0.15) is 5.26 Å². The molecule has 0 bridgehead atoms. The molecule has 15 heavy (non-hydrogen) atoms. The van der Waals surface area contributed by atoms with Crippen molar-refractivity contribution >= 4 is 17.3 Å². The van der Waals surface area contributed by atoms with Gasteiger partial charge in [-0.15, -0.1) is 0 Å². The third kappa shape index (κ3) is 2.28. The molecular formula is C11H10ClFN2. The molecule has 0 amide bonds. The first kappa shape index (κ1) is 11.5. The summed E-state index contributed by atoms with van der Waals surface area (Å²) in [5.74, 6) is -0.513. The monoisotopic (exact) mass is 224 g/mol. The molecule has 1 aromatic rings. The fraction of sp³-hybridized carbons (Fsp3) is 0.182. The van der Waals surface area contributed by atoms with Crippen molar-refractivity contribution in [2.45, 2.75) is 13.3 Å². The fourth-order valence-corrected chi connectivity index (χ4v) is 1.50. The van der Waals surface area contributed by atoms with Crippen molar-refractivity contribution in [3.8, 4) is 6.07 Å². The van der Waals surface area contributed by atoms with Crippen LogP contribution in [0, 0.1) is 17.1 Å². The molecule has 1 aromatic carbocycles. The van der Waals surface area contributed by atoms with E-state index in [1.54, 1.807) is 6.92 Å². The fourth-order valence-electron chi connectivity index (χ4n) is 1.24. The van der Waals surface area contributed by atoms with E-state index in [-0.39, 0.29) is 16.3 Å². The third-order valence-corrected chi connectivity index (χ3v) is 2.36. The SMILES string of the molecule is CC/C(C#N)=C(/N)c1c(F)cccc1Cl. The van der Waals surface area contributed by atoms with Gasteiger partial charge in [-0.25, -0.2) is 4.39 Å². The van der Waals surface area contributed by atoms with E-state index in [2.05, 4.69) is 0 Å². The number of allylic oxidation sites excluding steroid dienone is 1. The van der Waals surface area contributed by atoms with Gasteiger partial charge in [-0.1, -0.05) is 24.6 Å². The summed E-state index contributed by atoms with van der Waals surface area (Å²) in [6.07, 6.45) is 0.451. The summed E-state index contributed by atoms with van der Waals surface area (Å²) in [7, 11) is 0. The van der Waals surface area contributed by atoms with E-state index in [1.807, 2.05) is 6.07 Å². The lowest BCUT2D eigenvalue weighted by Crippen LogP contribution is -2.03. The van der Waals surface area contributed by atoms with E-state index in [0.29, 0.717) is 12.0 Å². The molecule has 2 N–H and O–H groups in total. The average molecular weight is 225 g/mol.